The SMILES string of the molecule is C[NH+]1CC[NH+](CCOc2ccc(C#N)cc2)CC1. The lowest BCUT2D eigenvalue weighted by Gasteiger charge is -2.27. The third-order valence-corrected chi connectivity index (χ3v) is 3.52. The number of likely N-dealkylation sites (N-methyl/N-ethyl adjacent to an activating group) is 1. The van der Waals surface area contributed by atoms with E-state index >= 15 is 0 Å². The number of hydrogen-bond donors (Lipinski definition) is 2. The summed E-state index contributed by atoms with van der Waals surface area (Å²) >= 11 is 0. The maximum absolute atomic E-state index is 8.70. The lowest BCUT2D eigenvalue weighted by atomic mass is 10.2. The largest absolute Gasteiger partial charge is 0.488 e. The second-order valence-electron chi connectivity index (χ2n) is 4.94. The fourth-order valence-corrected chi connectivity index (χ4v) is 2.22. The quantitative estimate of drug-likeness (QED) is 0.669. The minimum Gasteiger partial charge on any atom is -0.488 e. The Balaban J connectivity index is 1.70. The summed E-state index contributed by atoms with van der Waals surface area (Å²) in [5.74, 6) is 0.855. The Bertz CT molecular complexity index is 402. The van der Waals surface area contributed by atoms with Crippen LogP contribution < -0.4 is 14.5 Å². The van der Waals surface area contributed by atoms with Crippen molar-refractivity contribution in [3.05, 3.63) is 29.8 Å². The van der Waals surface area contributed by atoms with Gasteiger partial charge in [0.25, 0.3) is 0 Å². The minimum absolute atomic E-state index is 0.676. The van der Waals surface area contributed by atoms with Crippen molar-refractivity contribution in [3.63, 3.8) is 0 Å². The zero-order valence-electron chi connectivity index (χ0n) is 10.9. The molecule has 1 aromatic carbocycles. The molecule has 2 N–H and O–H groups in total. The smallest absolute Gasteiger partial charge is 0.137 e. The van der Waals surface area contributed by atoms with E-state index < -0.39 is 0 Å². The second kappa shape index (κ2) is 6.39. The van der Waals surface area contributed by atoms with Crippen LogP contribution in [0.15, 0.2) is 24.3 Å². The fourth-order valence-electron chi connectivity index (χ4n) is 2.22. The van der Waals surface area contributed by atoms with Gasteiger partial charge in [-0.1, -0.05) is 0 Å². The summed E-state index contributed by atoms with van der Waals surface area (Å²) in [5.41, 5.74) is 0.676. The standard InChI is InChI=1S/C14H19N3O/c1-16-6-8-17(9-7-16)10-11-18-14-4-2-13(12-15)3-5-14/h2-5H,6-11H2,1H3/p+2. The highest BCUT2D eigenvalue weighted by Crippen LogP contribution is 2.10. The Kier molecular flexibility index (Phi) is 4.57. The molecule has 0 saturated carbocycles. The molecule has 0 unspecified atom stereocenters. The lowest BCUT2D eigenvalue weighted by molar-refractivity contribution is -1.00. The van der Waals surface area contributed by atoms with Crippen LogP contribution in [0.3, 0.4) is 0 Å². The highest BCUT2D eigenvalue weighted by atomic mass is 16.5. The van der Waals surface area contributed by atoms with Crippen molar-refractivity contribution >= 4 is 0 Å². The van der Waals surface area contributed by atoms with E-state index in [-0.39, 0.29) is 0 Å². The topological polar surface area (TPSA) is 41.9 Å². The van der Waals surface area contributed by atoms with Crippen molar-refractivity contribution in [2.24, 2.45) is 0 Å². The molecule has 4 nitrogen and oxygen atoms in total. The average molecular weight is 247 g/mol. The van der Waals surface area contributed by atoms with E-state index in [2.05, 4.69) is 13.1 Å². The zero-order chi connectivity index (χ0) is 12.8. The molecule has 96 valence electrons. The number of piperazine rings is 1. The van der Waals surface area contributed by atoms with Crippen LogP contribution >= 0.6 is 0 Å². The molecule has 0 spiro atoms. The normalized spacial score (nSPS) is 23.3. The number of quaternary nitrogens is 2. The predicted molar refractivity (Wildman–Crippen MR) is 68.8 cm³/mol. The first kappa shape index (κ1) is 12.9. The summed E-state index contributed by atoms with van der Waals surface area (Å²) < 4.78 is 5.70. The van der Waals surface area contributed by atoms with E-state index in [1.165, 1.54) is 26.2 Å². The van der Waals surface area contributed by atoms with Gasteiger partial charge in [-0.15, -0.1) is 0 Å². The van der Waals surface area contributed by atoms with Crippen molar-refractivity contribution in [1.29, 1.82) is 5.26 Å². The summed E-state index contributed by atoms with van der Waals surface area (Å²) in [4.78, 5) is 3.26. The maximum atomic E-state index is 8.70. The van der Waals surface area contributed by atoms with Crippen LogP contribution in [-0.2, 0) is 0 Å². The Labute approximate surface area is 108 Å². The molecule has 0 atom stereocenters. The number of ether oxygens (including phenoxy) is 1. The van der Waals surface area contributed by atoms with Crippen molar-refractivity contribution < 1.29 is 14.5 Å². The Morgan fingerprint density at radius 2 is 1.83 bits per heavy atom. The second-order valence-corrected chi connectivity index (χ2v) is 4.94. The van der Waals surface area contributed by atoms with Crippen molar-refractivity contribution in [1.82, 2.24) is 0 Å². The van der Waals surface area contributed by atoms with Crippen molar-refractivity contribution in [2.45, 2.75) is 0 Å². The maximum Gasteiger partial charge on any atom is 0.137 e. The third-order valence-electron chi connectivity index (χ3n) is 3.52. The van der Waals surface area contributed by atoms with E-state index in [9.17, 15) is 0 Å². The van der Waals surface area contributed by atoms with Gasteiger partial charge in [0.15, 0.2) is 0 Å². The van der Waals surface area contributed by atoms with Gasteiger partial charge in [-0.25, -0.2) is 0 Å². The van der Waals surface area contributed by atoms with Crippen LogP contribution in [0, 0.1) is 11.3 Å². The van der Waals surface area contributed by atoms with Crippen LogP contribution in [0.2, 0.25) is 0 Å². The van der Waals surface area contributed by atoms with Gasteiger partial charge in [-0.2, -0.15) is 5.26 Å². The van der Waals surface area contributed by atoms with Crippen molar-refractivity contribution in [3.8, 4) is 11.8 Å². The Morgan fingerprint density at radius 3 is 2.44 bits per heavy atom. The molecule has 0 amide bonds. The van der Waals surface area contributed by atoms with Crippen LogP contribution in [0.4, 0.5) is 0 Å². The molecule has 0 aliphatic carbocycles. The average Bonchev–Trinajstić information content (AvgIpc) is 2.42. The summed E-state index contributed by atoms with van der Waals surface area (Å²) in [7, 11) is 2.25. The van der Waals surface area contributed by atoms with Gasteiger partial charge in [0.05, 0.1) is 18.7 Å². The first-order valence-corrected chi connectivity index (χ1v) is 6.56. The molecule has 0 bridgehead atoms. The first-order valence-electron chi connectivity index (χ1n) is 6.56. The third kappa shape index (κ3) is 3.73. The van der Waals surface area contributed by atoms with E-state index in [4.69, 9.17) is 10.00 Å². The number of rotatable bonds is 4. The highest BCUT2D eigenvalue weighted by molar-refractivity contribution is 5.34. The number of hydrogen-bond acceptors (Lipinski definition) is 2. The highest BCUT2D eigenvalue weighted by Gasteiger charge is 2.19. The monoisotopic (exact) mass is 247 g/mol. The number of nitrogens with zero attached hydrogens (tertiary/aromatic N) is 1. The Hall–Kier alpha value is -1.57. The summed E-state index contributed by atoms with van der Waals surface area (Å²) in [6, 6.07) is 9.42. The molecule has 2 rings (SSSR count). The summed E-state index contributed by atoms with van der Waals surface area (Å²) in [6.07, 6.45) is 0. The van der Waals surface area contributed by atoms with Crippen LogP contribution in [0.1, 0.15) is 5.56 Å². The molecule has 1 aromatic rings. The first-order chi connectivity index (χ1) is 8.78. The predicted octanol–water partition coefficient (Wildman–Crippen LogP) is -1.65. The van der Waals surface area contributed by atoms with Crippen molar-refractivity contribution in [2.75, 3.05) is 46.4 Å². The molecule has 0 aromatic heterocycles. The van der Waals surface area contributed by atoms with E-state index in [1.54, 1.807) is 21.9 Å². The van der Waals surface area contributed by atoms with Crippen LogP contribution in [0.25, 0.3) is 0 Å². The molecule has 0 radical (unpaired) electrons. The molecule has 1 aliphatic heterocycles. The zero-order valence-corrected chi connectivity index (χ0v) is 10.9. The van der Waals surface area contributed by atoms with Gasteiger partial charge in [0.2, 0.25) is 0 Å². The van der Waals surface area contributed by atoms with Gasteiger partial charge < -0.3 is 14.5 Å². The van der Waals surface area contributed by atoms with Gasteiger partial charge in [0, 0.05) is 0 Å². The van der Waals surface area contributed by atoms with E-state index in [1.807, 2.05) is 12.1 Å². The minimum atomic E-state index is 0.676. The molecule has 4 heteroatoms. The van der Waals surface area contributed by atoms with E-state index in [0.29, 0.717) is 5.56 Å². The summed E-state index contributed by atoms with van der Waals surface area (Å²) in [5, 5.41) is 8.70. The summed E-state index contributed by atoms with van der Waals surface area (Å²) in [6.45, 7) is 6.80. The lowest BCUT2D eigenvalue weighted by Crippen LogP contribution is -3.27. The molecular weight excluding hydrogens is 226 g/mol. The molecular formula is C14H21N3O+2. The number of nitrogens with one attached hydrogen (secondary N) is 2. The molecule has 1 fully saturated rings. The van der Waals surface area contributed by atoms with Gasteiger partial charge in [0.1, 0.15) is 45.1 Å². The fraction of sp³-hybridized carbons (Fsp3) is 0.500. The number of benzene rings is 1. The van der Waals surface area contributed by atoms with Gasteiger partial charge in [-0.3, -0.25) is 0 Å². The van der Waals surface area contributed by atoms with Crippen LogP contribution in [0.5, 0.6) is 5.75 Å². The van der Waals surface area contributed by atoms with E-state index in [0.717, 1.165) is 18.9 Å². The Morgan fingerprint density at radius 1 is 1.17 bits per heavy atom. The molecule has 1 saturated heterocycles. The van der Waals surface area contributed by atoms with Crippen LogP contribution in [-0.4, -0.2) is 46.4 Å². The molecule has 1 heterocycles. The van der Waals surface area contributed by atoms with Gasteiger partial charge >= 0.3 is 0 Å². The molecule has 1 aliphatic rings. The number of nitriles is 1. The van der Waals surface area contributed by atoms with Gasteiger partial charge in [-0.05, 0) is 24.3 Å². The molecule has 18 heavy (non-hydrogen) atoms.